The predicted octanol–water partition coefficient (Wildman–Crippen LogP) is 2.91. The summed E-state index contributed by atoms with van der Waals surface area (Å²) < 4.78 is 39.8. The number of pyridine rings is 2. The van der Waals surface area contributed by atoms with Gasteiger partial charge in [-0.1, -0.05) is 6.85 Å². The molecule has 2 aliphatic rings. The van der Waals surface area contributed by atoms with Crippen LogP contribution in [-0.4, -0.2) is 43.7 Å². The maximum absolute atomic E-state index is 12.9. The molecule has 2 N–H and O–H groups in total. The number of carbonyl (C=O) groups excluding carboxylic acids is 2. The fourth-order valence-corrected chi connectivity index (χ4v) is 3.60. The minimum Gasteiger partial charge on any atom is -0.365 e. The van der Waals surface area contributed by atoms with E-state index in [4.69, 9.17) is 6.85 Å². The van der Waals surface area contributed by atoms with Crippen LogP contribution in [0.4, 0.5) is 23.0 Å². The number of fused-ring (bicyclic) bond motifs is 3. The van der Waals surface area contributed by atoms with Crippen molar-refractivity contribution in [3.05, 3.63) is 35.8 Å². The van der Waals surface area contributed by atoms with Gasteiger partial charge in [-0.15, -0.1) is 0 Å². The first kappa shape index (κ1) is 15.1. The van der Waals surface area contributed by atoms with Gasteiger partial charge < -0.3 is 15.5 Å². The topological polar surface area (TPSA) is 118 Å². The van der Waals surface area contributed by atoms with Gasteiger partial charge >= 0.3 is 0 Å². The third kappa shape index (κ3) is 3.57. The molecule has 0 unspecified atom stereocenters. The van der Waals surface area contributed by atoms with Crippen LogP contribution in [0.15, 0.2) is 24.5 Å². The maximum Gasteiger partial charge on any atom is 0.228 e. The first-order chi connectivity index (χ1) is 17.3. The molecule has 1 saturated carbocycles. The van der Waals surface area contributed by atoms with Crippen molar-refractivity contribution in [1.29, 1.82) is 0 Å². The molecule has 1 amide bonds. The van der Waals surface area contributed by atoms with Crippen LogP contribution in [0.1, 0.15) is 49.0 Å². The summed E-state index contributed by atoms with van der Waals surface area (Å²) in [6.45, 7) is -4.51. The Bertz CT molecular complexity index is 1420. The third-order valence-electron chi connectivity index (χ3n) is 5.32. The number of ketones is 1. The molecule has 0 radical (unpaired) electrons. The van der Waals surface area contributed by atoms with Crippen LogP contribution >= 0.6 is 0 Å². The van der Waals surface area contributed by atoms with E-state index in [0.717, 1.165) is 12.8 Å². The minimum absolute atomic E-state index is 0.00149. The normalized spacial score (nSPS) is 18.8. The van der Waals surface area contributed by atoms with E-state index in [9.17, 15) is 9.59 Å². The van der Waals surface area contributed by atoms with Gasteiger partial charge in [0.15, 0.2) is 11.6 Å². The fourth-order valence-electron chi connectivity index (χ4n) is 3.60. The van der Waals surface area contributed by atoms with E-state index in [1.165, 1.54) is 28.2 Å². The molecule has 10 heteroatoms. The summed E-state index contributed by atoms with van der Waals surface area (Å²) in [4.78, 5) is 36.4. The number of hydrogen-bond donors (Lipinski definition) is 2. The number of Topliss-reactive ketones (excluding diaryl/α,β-unsaturated/α-hetero) is 1. The number of aromatic nitrogens is 5. The zero-order valence-electron chi connectivity index (χ0n) is 22.5. The van der Waals surface area contributed by atoms with Crippen LogP contribution < -0.4 is 15.5 Å². The fraction of sp³-hybridized carbons (Fsp3) is 0.364. The Balaban J connectivity index is 1.59. The van der Waals surface area contributed by atoms with Crippen LogP contribution in [0.2, 0.25) is 0 Å². The van der Waals surface area contributed by atoms with E-state index < -0.39 is 25.6 Å². The number of anilines is 4. The van der Waals surface area contributed by atoms with Gasteiger partial charge in [-0.3, -0.25) is 9.59 Å². The highest BCUT2D eigenvalue weighted by molar-refractivity contribution is 6.03. The summed E-state index contributed by atoms with van der Waals surface area (Å²) in [5.41, 5.74) is 1.64. The molecule has 0 bridgehead atoms. The van der Waals surface area contributed by atoms with Crippen LogP contribution in [0.5, 0.6) is 0 Å². The van der Waals surface area contributed by atoms with Gasteiger partial charge in [0.25, 0.3) is 0 Å². The van der Waals surface area contributed by atoms with Crippen molar-refractivity contribution in [3.63, 3.8) is 0 Å². The van der Waals surface area contributed by atoms with Gasteiger partial charge in [0.2, 0.25) is 5.91 Å². The van der Waals surface area contributed by atoms with Crippen LogP contribution in [-0.2, 0) is 18.3 Å². The average Bonchev–Trinajstić information content (AvgIpc) is 3.58. The van der Waals surface area contributed by atoms with Crippen molar-refractivity contribution in [1.82, 2.24) is 25.0 Å². The molecule has 0 atom stereocenters. The number of nitrogens with zero attached hydrogens (tertiary/aromatic N) is 6. The van der Waals surface area contributed by atoms with E-state index >= 15 is 0 Å². The molecule has 5 rings (SSSR count). The first-order valence-corrected chi connectivity index (χ1v) is 10.1. The van der Waals surface area contributed by atoms with E-state index in [1.807, 2.05) is 0 Å². The lowest BCUT2D eigenvalue weighted by Gasteiger charge is -2.28. The molecular formula is C22H24N8O2. The van der Waals surface area contributed by atoms with Crippen molar-refractivity contribution in [2.24, 2.45) is 13.0 Å². The lowest BCUT2D eigenvalue weighted by molar-refractivity contribution is -0.117. The Kier molecular flexibility index (Phi) is 3.62. The molecule has 1 aliphatic carbocycles. The molecule has 32 heavy (non-hydrogen) atoms. The summed E-state index contributed by atoms with van der Waals surface area (Å²) in [6, 6.07) is 3.13. The van der Waals surface area contributed by atoms with Gasteiger partial charge in [0.05, 0.1) is 26.2 Å². The van der Waals surface area contributed by atoms with Crippen molar-refractivity contribution in [2.75, 3.05) is 22.6 Å². The van der Waals surface area contributed by atoms with Crippen LogP contribution in [0.3, 0.4) is 0 Å². The first-order valence-electron chi connectivity index (χ1n) is 12.6. The Labute approximate surface area is 192 Å². The highest BCUT2D eigenvalue weighted by Crippen LogP contribution is 2.41. The van der Waals surface area contributed by atoms with E-state index in [1.54, 1.807) is 20.2 Å². The molecular weight excluding hydrogens is 408 g/mol. The molecule has 0 aromatic carbocycles. The Morgan fingerprint density at radius 1 is 1.28 bits per heavy atom. The van der Waals surface area contributed by atoms with Crippen molar-refractivity contribution < 1.29 is 16.4 Å². The average molecular weight is 438 g/mol. The van der Waals surface area contributed by atoms with E-state index in [2.05, 4.69) is 30.8 Å². The molecule has 4 heterocycles. The van der Waals surface area contributed by atoms with Gasteiger partial charge in [0, 0.05) is 54.6 Å². The van der Waals surface area contributed by atoms with Crippen molar-refractivity contribution in [3.8, 4) is 11.3 Å². The van der Waals surface area contributed by atoms with Gasteiger partial charge in [-0.05, 0) is 18.9 Å². The molecule has 164 valence electrons. The summed E-state index contributed by atoms with van der Waals surface area (Å²) in [5.74, 6) is -0.531. The Hall–Kier alpha value is -3.82. The molecule has 10 nitrogen and oxygen atoms in total. The Morgan fingerprint density at radius 3 is 2.91 bits per heavy atom. The smallest absolute Gasteiger partial charge is 0.228 e. The highest BCUT2D eigenvalue weighted by atomic mass is 16.2. The van der Waals surface area contributed by atoms with Gasteiger partial charge in [-0.2, -0.15) is 15.0 Å². The summed E-state index contributed by atoms with van der Waals surface area (Å²) in [6.07, 6.45) is 3.62. The van der Waals surface area contributed by atoms with Crippen molar-refractivity contribution in [2.45, 2.75) is 32.6 Å². The monoisotopic (exact) mass is 437 g/mol. The summed E-state index contributed by atoms with van der Waals surface area (Å²) in [7, 11) is 3.16. The highest BCUT2D eigenvalue weighted by Gasteiger charge is 2.30. The second-order valence-corrected chi connectivity index (χ2v) is 7.72. The van der Waals surface area contributed by atoms with Crippen LogP contribution in [0.25, 0.3) is 11.3 Å². The zero-order valence-corrected chi connectivity index (χ0v) is 17.5. The van der Waals surface area contributed by atoms with Crippen LogP contribution in [0, 0.1) is 5.92 Å². The Morgan fingerprint density at radius 2 is 2.12 bits per heavy atom. The minimum atomic E-state index is -2.49. The quantitative estimate of drug-likeness (QED) is 0.565. The molecule has 1 aliphatic heterocycles. The lowest BCUT2D eigenvalue weighted by Crippen LogP contribution is -2.23. The maximum atomic E-state index is 12.9. The lowest BCUT2D eigenvalue weighted by atomic mass is 10.0. The standard InChI is InChI=1S/C22H24N8O2/c1-4-17(31)14-10-24-18(26-22(32)12-5-6-12)9-15(14)25-21-20-13(7-8-23-21)19-16(11-29(20)2)27-30(3)28-19/h7-10,12H,4-6,11H2,1-3H3,(H2,23,24,25,26,32)/i1D3,11D2. The number of carbonyl (C=O) groups is 2. The number of hydrogen-bond acceptors (Lipinski definition) is 8. The number of aryl methyl sites for hydroxylation is 1. The van der Waals surface area contributed by atoms with Crippen molar-refractivity contribution >= 4 is 34.7 Å². The molecule has 0 spiro atoms. The zero-order chi connectivity index (χ0) is 26.7. The second-order valence-electron chi connectivity index (χ2n) is 7.72. The SMILES string of the molecule is [2H]C([2H])([2H])CC(=O)c1cnc(NC(=O)C2CC2)cc1Nc1nccc2c1N(C)C([2H])([2H])c1nn(C)nc1-2. The molecule has 3 aromatic heterocycles. The third-order valence-corrected chi connectivity index (χ3v) is 5.32. The van der Waals surface area contributed by atoms with E-state index in [0.29, 0.717) is 16.9 Å². The van der Waals surface area contributed by atoms with E-state index in [-0.39, 0.29) is 40.4 Å². The predicted molar refractivity (Wildman–Crippen MR) is 120 cm³/mol. The molecule has 1 fully saturated rings. The molecule has 0 saturated heterocycles. The number of nitrogens with one attached hydrogen (secondary N) is 2. The number of rotatable bonds is 6. The summed E-state index contributed by atoms with van der Waals surface area (Å²) >= 11 is 0. The largest absolute Gasteiger partial charge is 0.365 e. The molecule has 3 aromatic rings. The summed E-state index contributed by atoms with van der Waals surface area (Å²) in [5, 5.41) is 14.3. The van der Waals surface area contributed by atoms with Gasteiger partial charge in [-0.25, -0.2) is 9.97 Å². The van der Waals surface area contributed by atoms with Gasteiger partial charge in [0.1, 0.15) is 17.2 Å². The second kappa shape index (κ2) is 7.70. The number of amides is 1.